The lowest BCUT2D eigenvalue weighted by Gasteiger charge is -2.25. The highest BCUT2D eigenvalue weighted by molar-refractivity contribution is 7.21. The summed E-state index contributed by atoms with van der Waals surface area (Å²) in [5.74, 6) is 0.543. The molecule has 35 heavy (non-hydrogen) atoms. The molecule has 5 rings (SSSR count). The first-order chi connectivity index (χ1) is 16.9. The number of hydrogen-bond donors (Lipinski definition) is 3. The SMILES string of the molecule is CCOCCNc1nc(C)c(-c2nc3ccccc3s2)c(N[C@@H]2C[C@H](CO)[C@H]3OC(C)(C)O[C@H]32)n1. The van der Waals surface area contributed by atoms with Crippen molar-refractivity contribution < 1.29 is 19.3 Å². The second-order valence-electron chi connectivity index (χ2n) is 9.46. The van der Waals surface area contributed by atoms with Crippen LogP contribution in [0.2, 0.25) is 0 Å². The Morgan fingerprint density at radius 3 is 2.74 bits per heavy atom. The molecule has 1 saturated heterocycles. The highest BCUT2D eigenvalue weighted by Crippen LogP contribution is 2.44. The first-order valence-corrected chi connectivity index (χ1v) is 13.0. The summed E-state index contributed by atoms with van der Waals surface area (Å²) in [5.41, 5.74) is 2.66. The average Bonchev–Trinajstić information content (AvgIpc) is 3.47. The zero-order valence-electron chi connectivity index (χ0n) is 20.6. The Hall–Kier alpha value is -2.37. The van der Waals surface area contributed by atoms with E-state index in [1.165, 1.54) is 0 Å². The molecule has 1 saturated carbocycles. The van der Waals surface area contributed by atoms with Gasteiger partial charge in [-0.05, 0) is 46.2 Å². The topological polar surface area (TPSA) is 111 Å². The maximum absolute atomic E-state index is 9.99. The summed E-state index contributed by atoms with van der Waals surface area (Å²) in [5, 5.41) is 17.8. The highest BCUT2D eigenvalue weighted by Gasteiger charge is 2.54. The van der Waals surface area contributed by atoms with Gasteiger partial charge in [0, 0.05) is 25.7 Å². The molecule has 2 aromatic heterocycles. The van der Waals surface area contributed by atoms with Gasteiger partial charge in [0.2, 0.25) is 5.95 Å². The zero-order valence-corrected chi connectivity index (χ0v) is 21.4. The Balaban J connectivity index is 1.50. The normalized spacial score (nSPS) is 25.2. The number of thiazole rings is 1. The standard InChI is InChI=1S/C25H33N5O4S/c1-5-32-11-10-26-24-27-14(2)19(23-29-16-8-6-7-9-18(16)35-23)22(30-24)28-17-12-15(13-31)20-21(17)34-25(3,4)33-20/h6-9,15,17,20-21,31H,5,10-13H2,1-4H3,(H2,26,27,28,30)/t15-,17-,20-,21+/m1/s1. The number of nitrogens with one attached hydrogen (secondary N) is 2. The van der Waals surface area contributed by atoms with Crippen molar-refractivity contribution in [2.75, 3.05) is 37.0 Å². The van der Waals surface area contributed by atoms with Gasteiger partial charge in [0.25, 0.3) is 0 Å². The minimum absolute atomic E-state index is 0.00287. The summed E-state index contributed by atoms with van der Waals surface area (Å²) in [7, 11) is 0. The summed E-state index contributed by atoms with van der Waals surface area (Å²) in [6.07, 6.45) is 0.372. The number of fused-ring (bicyclic) bond motifs is 2. The van der Waals surface area contributed by atoms with Crippen LogP contribution in [0, 0.1) is 12.8 Å². The molecule has 2 fully saturated rings. The fraction of sp³-hybridized carbons (Fsp3) is 0.560. The van der Waals surface area contributed by atoms with Crippen molar-refractivity contribution in [2.45, 2.75) is 58.2 Å². The number of anilines is 2. The second-order valence-corrected chi connectivity index (χ2v) is 10.5. The van der Waals surface area contributed by atoms with E-state index in [0.29, 0.717) is 31.5 Å². The molecule has 0 unspecified atom stereocenters. The lowest BCUT2D eigenvalue weighted by Crippen LogP contribution is -2.35. The largest absolute Gasteiger partial charge is 0.396 e. The van der Waals surface area contributed by atoms with Crippen LogP contribution in [0.25, 0.3) is 20.8 Å². The average molecular weight is 500 g/mol. The third-order valence-electron chi connectivity index (χ3n) is 6.47. The number of aryl methyl sites for hydroxylation is 1. The van der Waals surface area contributed by atoms with Gasteiger partial charge in [-0.15, -0.1) is 11.3 Å². The second kappa shape index (κ2) is 9.94. The summed E-state index contributed by atoms with van der Waals surface area (Å²) in [6.45, 7) is 9.69. The maximum atomic E-state index is 9.99. The van der Waals surface area contributed by atoms with Crippen molar-refractivity contribution in [3.8, 4) is 10.6 Å². The Morgan fingerprint density at radius 2 is 1.97 bits per heavy atom. The Labute approximate surface area is 209 Å². The maximum Gasteiger partial charge on any atom is 0.224 e. The Morgan fingerprint density at radius 1 is 1.17 bits per heavy atom. The van der Waals surface area contributed by atoms with E-state index in [1.807, 2.05) is 45.9 Å². The predicted molar refractivity (Wildman–Crippen MR) is 137 cm³/mol. The third-order valence-corrected chi connectivity index (χ3v) is 7.52. The molecule has 2 aliphatic rings. The van der Waals surface area contributed by atoms with Crippen LogP contribution in [0.3, 0.4) is 0 Å². The summed E-state index contributed by atoms with van der Waals surface area (Å²) < 4.78 is 18.9. The smallest absolute Gasteiger partial charge is 0.224 e. The van der Waals surface area contributed by atoms with Crippen LogP contribution in [-0.2, 0) is 14.2 Å². The Bertz CT molecular complexity index is 1150. The quantitative estimate of drug-likeness (QED) is 0.378. The van der Waals surface area contributed by atoms with Crippen molar-refractivity contribution in [3.05, 3.63) is 30.0 Å². The van der Waals surface area contributed by atoms with E-state index in [-0.39, 0.29) is 30.8 Å². The fourth-order valence-corrected chi connectivity index (χ4v) is 6.02. The van der Waals surface area contributed by atoms with Crippen LogP contribution >= 0.6 is 11.3 Å². The minimum Gasteiger partial charge on any atom is -0.396 e. The minimum atomic E-state index is -0.688. The number of hydrogen-bond acceptors (Lipinski definition) is 10. The molecule has 9 nitrogen and oxygen atoms in total. The third kappa shape index (κ3) is 4.99. The van der Waals surface area contributed by atoms with Gasteiger partial charge in [-0.1, -0.05) is 12.1 Å². The highest BCUT2D eigenvalue weighted by atomic mass is 32.1. The van der Waals surface area contributed by atoms with Gasteiger partial charge < -0.3 is 30.0 Å². The molecule has 3 N–H and O–H groups in total. The van der Waals surface area contributed by atoms with E-state index in [9.17, 15) is 5.11 Å². The van der Waals surface area contributed by atoms with Gasteiger partial charge in [-0.2, -0.15) is 4.98 Å². The van der Waals surface area contributed by atoms with Crippen LogP contribution in [0.1, 0.15) is 32.9 Å². The molecule has 0 radical (unpaired) electrons. The number of benzene rings is 1. The van der Waals surface area contributed by atoms with Gasteiger partial charge in [-0.25, -0.2) is 9.97 Å². The van der Waals surface area contributed by atoms with Gasteiger partial charge in [-0.3, -0.25) is 0 Å². The van der Waals surface area contributed by atoms with Crippen molar-refractivity contribution >= 4 is 33.3 Å². The van der Waals surface area contributed by atoms with Crippen LogP contribution < -0.4 is 10.6 Å². The van der Waals surface area contributed by atoms with E-state index in [4.69, 9.17) is 29.2 Å². The van der Waals surface area contributed by atoms with Crippen molar-refractivity contribution in [1.29, 1.82) is 0 Å². The molecule has 10 heteroatoms. The van der Waals surface area contributed by atoms with E-state index < -0.39 is 5.79 Å². The molecule has 0 bridgehead atoms. The van der Waals surface area contributed by atoms with E-state index in [1.54, 1.807) is 11.3 Å². The van der Waals surface area contributed by atoms with Crippen LogP contribution in [0.4, 0.5) is 11.8 Å². The molecule has 0 spiro atoms. The van der Waals surface area contributed by atoms with Crippen molar-refractivity contribution in [3.63, 3.8) is 0 Å². The number of nitrogens with zero attached hydrogens (tertiary/aromatic N) is 3. The molecule has 4 atom stereocenters. The molecule has 1 aliphatic carbocycles. The molecule has 188 valence electrons. The van der Waals surface area contributed by atoms with Crippen LogP contribution in [0.5, 0.6) is 0 Å². The number of ether oxygens (including phenoxy) is 3. The number of aliphatic hydroxyl groups is 1. The molecule has 1 aromatic carbocycles. The predicted octanol–water partition coefficient (Wildman–Crippen LogP) is 3.82. The van der Waals surface area contributed by atoms with Gasteiger partial charge in [0.1, 0.15) is 16.9 Å². The van der Waals surface area contributed by atoms with E-state index >= 15 is 0 Å². The summed E-state index contributed by atoms with van der Waals surface area (Å²) in [6, 6.07) is 8.03. The number of para-hydroxylation sites is 1. The molecule has 1 aliphatic heterocycles. The van der Waals surface area contributed by atoms with Crippen LogP contribution in [-0.4, -0.2) is 70.5 Å². The van der Waals surface area contributed by atoms with Crippen molar-refractivity contribution in [1.82, 2.24) is 15.0 Å². The molecule has 3 aromatic rings. The zero-order chi connectivity index (χ0) is 24.6. The molecular weight excluding hydrogens is 466 g/mol. The molecular formula is C25H33N5O4S. The lowest BCUT2D eigenvalue weighted by atomic mass is 10.1. The van der Waals surface area contributed by atoms with Gasteiger partial charge in [0.05, 0.1) is 40.2 Å². The first-order valence-electron chi connectivity index (χ1n) is 12.2. The van der Waals surface area contributed by atoms with Gasteiger partial charge in [0.15, 0.2) is 5.79 Å². The lowest BCUT2D eigenvalue weighted by molar-refractivity contribution is -0.158. The Kier molecular flexibility index (Phi) is 6.91. The molecule has 3 heterocycles. The van der Waals surface area contributed by atoms with Crippen LogP contribution in [0.15, 0.2) is 24.3 Å². The number of rotatable bonds is 9. The van der Waals surface area contributed by atoms with Crippen molar-refractivity contribution in [2.24, 2.45) is 5.92 Å². The van der Waals surface area contributed by atoms with Gasteiger partial charge >= 0.3 is 0 Å². The summed E-state index contributed by atoms with van der Waals surface area (Å²) in [4.78, 5) is 14.5. The fourth-order valence-electron chi connectivity index (χ4n) is 4.95. The molecule has 0 amide bonds. The summed E-state index contributed by atoms with van der Waals surface area (Å²) >= 11 is 1.62. The van der Waals surface area contributed by atoms with E-state index in [0.717, 1.165) is 32.9 Å². The number of aliphatic hydroxyl groups excluding tert-OH is 1. The number of aromatic nitrogens is 3. The van der Waals surface area contributed by atoms with E-state index in [2.05, 4.69) is 16.7 Å². The first kappa shape index (κ1) is 24.3. The monoisotopic (exact) mass is 499 g/mol.